The van der Waals surface area contributed by atoms with Gasteiger partial charge in [-0.1, -0.05) is 6.92 Å². The van der Waals surface area contributed by atoms with Gasteiger partial charge in [0, 0.05) is 30.1 Å². The highest BCUT2D eigenvalue weighted by Crippen LogP contribution is 2.07. The number of hydrogen-bond acceptors (Lipinski definition) is 5. The van der Waals surface area contributed by atoms with Crippen molar-refractivity contribution in [2.24, 2.45) is 0 Å². The van der Waals surface area contributed by atoms with E-state index in [1.54, 1.807) is 6.92 Å². The normalized spacial score (nSPS) is 10.6. The molecule has 0 unspecified atom stereocenters. The summed E-state index contributed by atoms with van der Waals surface area (Å²) in [5, 5.41) is 3.23. The summed E-state index contributed by atoms with van der Waals surface area (Å²) in [5.74, 6) is 1.40. The lowest BCUT2D eigenvalue weighted by Crippen LogP contribution is -2.22. The molecule has 0 saturated carbocycles. The van der Waals surface area contributed by atoms with Crippen LogP contribution in [0.4, 0.5) is 5.82 Å². The second-order valence-electron chi connectivity index (χ2n) is 4.73. The first-order valence-corrected chi connectivity index (χ1v) is 6.70. The Kier molecular flexibility index (Phi) is 4.45. The molecule has 0 fully saturated rings. The molecule has 0 aliphatic rings. The van der Waals surface area contributed by atoms with E-state index in [9.17, 15) is 4.79 Å². The zero-order chi connectivity index (χ0) is 14.5. The van der Waals surface area contributed by atoms with E-state index in [1.165, 1.54) is 17.0 Å². The summed E-state index contributed by atoms with van der Waals surface area (Å²) in [4.78, 5) is 24.7. The van der Waals surface area contributed by atoms with Crippen LogP contribution in [0.2, 0.25) is 0 Å². The van der Waals surface area contributed by atoms with Gasteiger partial charge in [-0.2, -0.15) is 0 Å². The molecule has 0 aliphatic heterocycles. The van der Waals surface area contributed by atoms with Crippen LogP contribution in [0.15, 0.2) is 23.3 Å². The first kappa shape index (κ1) is 14.2. The SMILES string of the molecule is CCCNc1cc(C)nc(Cn2cnc(C)cc2=O)n1. The molecule has 0 aliphatic carbocycles. The number of nitrogens with one attached hydrogen (secondary N) is 1. The van der Waals surface area contributed by atoms with Gasteiger partial charge in [0.05, 0.1) is 12.9 Å². The number of hydrogen-bond donors (Lipinski definition) is 1. The molecule has 0 aromatic carbocycles. The molecule has 2 rings (SSSR count). The lowest BCUT2D eigenvalue weighted by molar-refractivity contribution is 0.690. The van der Waals surface area contributed by atoms with Gasteiger partial charge < -0.3 is 5.32 Å². The van der Waals surface area contributed by atoms with E-state index in [0.29, 0.717) is 18.1 Å². The van der Waals surface area contributed by atoms with Gasteiger partial charge in [-0.05, 0) is 20.3 Å². The van der Waals surface area contributed by atoms with Crippen LogP contribution in [0, 0.1) is 13.8 Å². The number of rotatable bonds is 5. The molecule has 0 amide bonds. The summed E-state index contributed by atoms with van der Waals surface area (Å²) in [5.41, 5.74) is 1.49. The molecule has 1 N–H and O–H groups in total. The summed E-state index contributed by atoms with van der Waals surface area (Å²) >= 11 is 0. The lowest BCUT2D eigenvalue weighted by atomic mass is 10.4. The van der Waals surface area contributed by atoms with Gasteiger partial charge in [0.15, 0.2) is 5.82 Å². The van der Waals surface area contributed by atoms with Crippen molar-refractivity contribution in [1.29, 1.82) is 0 Å². The first-order chi connectivity index (χ1) is 9.58. The Morgan fingerprint density at radius 3 is 2.70 bits per heavy atom. The Bertz CT molecular complexity index is 650. The maximum absolute atomic E-state index is 11.8. The van der Waals surface area contributed by atoms with E-state index >= 15 is 0 Å². The van der Waals surface area contributed by atoms with Crippen molar-refractivity contribution in [2.45, 2.75) is 33.7 Å². The maximum atomic E-state index is 11.8. The van der Waals surface area contributed by atoms with Gasteiger partial charge in [-0.25, -0.2) is 15.0 Å². The van der Waals surface area contributed by atoms with Gasteiger partial charge in [0.2, 0.25) is 0 Å². The Morgan fingerprint density at radius 1 is 1.20 bits per heavy atom. The van der Waals surface area contributed by atoms with Gasteiger partial charge in [-0.3, -0.25) is 9.36 Å². The van der Waals surface area contributed by atoms with Crippen LogP contribution in [-0.4, -0.2) is 26.1 Å². The van der Waals surface area contributed by atoms with E-state index in [1.807, 2.05) is 13.0 Å². The highest BCUT2D eigenvalue weighted by atomic mass is 16.1. The van der Waals surface area contributed by atoms with Crippen molar-refractivity contribution in [3.8, 4) is 0 Å². The van der Waals surface area contributed by atoms with Crippen molar-refractivity contribution < 1.29 is 0 Å². The van der Waals surface area contributed by atoms with Gasteiger partial charge in [0.1, 0.15) is 5.82 Å². The molecule has 6 nitrogen and oxygen atoms in total. The molecule has 2 aromatic heterocycles. The topological polar surface area (TPSA) is 72.7 Å². The molecule has 0 atom stereocenters. The second-order valence-corrected chi connectivity index (χ2v) is 4.73. The minimum Gasteiger partial charge on any atom is -0.370 e. The van der Waals surface area contributed by atoms with Crippen molar-refractivity contribution in [3.05, 3.63) is 46.0 Å². The van der Waals surface area contributed by atoms with Crippen LogP contribution in [0.1, 0.15) is 30.6 Å². The third kappa shape index (κ3) is 3.63. The van der Waals surface area contributed by atoms with Crippen molar-refractivity contribution in [1.82, 2.24) is 19.5 Å². The minimum atomic E-state index is -0.0920. The molecule has 2 aromatic rings. The van der Waals surface area contributed by atoms with Gasteiger partial charge >= 0.3 is 0 Å². The fourth-order valence-electron chi connectivity index (χ4n) is 1.83. The number of aromatic nitrogens is 4. The standard InChI is InChI=1S/C14H19N5O/c1-4-5-15-12-6-11(3)17-13(18-12)8-19-9-16-10(2)7-14(19)20/h6-7,9H,4-5,8H2,1-3H3,(H,15,17,18). The van der Waals surface area contributed by atoms with Crippen LogP contribution in [0.25, 0.3) is 0 Å². The molecule has 0 bridgehead atoms. The third-order valence-corrected chi connectivity index (χ3v) is 2.78. The van der Waals surface area contributed by atoms with E-state index in [4.69, 9.17) is 0 Å². The lowest BCUT2D eigenvalue weighted by Gasteiger charge is -2.09. The molecular weight excluding hydrogens is 254 g/mol. The Hall–Kier alpha value is -2.24. The van der Waals surface area contributed by atoms with Crippen LogP contribution in [0.5, 0.6) is 0 Å². The summed E-state index contributed by atoms with van der Waals surface area (Å²) in [6.45, 7) is 7.00. The molecular formula is C14H19N5O. The average Bonchev–Trinajstić information content (AvgIpc) is 2.39. The predicted molar refractivity (Wildman–Crippen MR) is 77.9 cm³/mol. The quantitative estimate of drug-likeness (QED) is 0.894. The zero-order valence-corrected chi connectivity index (χ0v) is 12.1. The average molecular weight is 273 g/mol. The predicted octanol–water partition coefficient (Wildman–Crippen LogP) is 1.52. The Morgan fingerprint density at radius 2 is 2.00 bits per heavy atom. The molecule has 0 spiro atoms. The molecule has 0 saturated heterocycles. The summed E-state index contributed by atoms with van der Waals surface area (Å²) < 4.78 is 1.51. The fraction of sp³-hybridized carbons (Fsp3) is 0.429. The van der Waals surface area contributed by atoms with Crippen LogP contribution in [-0.2, 0) is 6.54 Å². The molecule has 2 heterocycles. The molecule has 20 heavy (non-hydrogen) atoms. The van der Waals surface area contributed by atoms with Gasteiger partial charge in [-0.15, -0.1) is 0 Å². The van der Waals surface area contributed by atoms with Crippen molar-refractivity contribution >= 4 is 5.82 Å². The fourth-order valence-corrected chi connectivity index (χ4v) is 1.83. The highest BCUT2D eigenvalue weighted by molar-refractivity contribution is 5.35. The number of aryl methyl sites for hydroxylation is 2. The summed E-state index contributed by atoms with van der Waals surface area (Å²) in [6.07, 6.45) is 2.56. The smallest absolute Gasteiger partial charge is 0.253 e. The third-order valence-electron chi connectivity index (χ3n) is 2.78. The summed E-state index contributed by atoms with van der Waals surface area (Å²) in [6, 6.07) is 3.40. The first-order valence-electron chi connectivity index (χ1n) is 6.70. The van der Waals surface area contributed by atoms with Crippen molar-refractivity contribution in [3.63, 3.8) is 0 Å². The van der Waals surface area contributed by atoms with E-state index in [0.717, 1.165) is 24.5 Å². The van der Waals surface area contributed by atoms with Crippen LogP contribution in [0.3, 0.4) is 0 Å². The molecule has 6 heteroatoms. The van der Waals surface area contributed by atoms with E-state index in [-0.39, 0.29) is 5.56 Å². The second kappa shape index (κ2) is 6.27. The number of anilines is 1. The molecule has 0 radical (unpaired) electrons. The Balaban J connectivity index is 2.24. The highest BCUT2D eigenvalue weighted by Gasteiger charge is 2.05. The number of nitrogens with zero attached hydrogens (tertiary/aromatic N) is 4. The van der Waals surface area contributed by atoms with Crippen LogP contribution < -0.4 is 10.9 Å². The summed E-state index contributed by atoms with van der Waals surface area (Å²) in [7, 11) is 0. The maximum Gasteiger partial charge on any atom is 0.253 e. The van der Waals surface area contributed by atoms with Crippen molar-refractivity contribution in [2.75, 3.05) is 11.9 Å². The largest absolute Gasteiger partial charge is 0.370 e. The minimum absolute atomic E-state index is 0.0920. The van der Waals surface area contributed by atoms with Crippen LogP contribution >= 0.6 is 0 Å². The van der Waals surface area contributed by atoms with E-state index in [2.05, 4.69) is 27.2 Å². The zero-order valence-electron chi connectivity index (χ0n) is 12.1. The molecule has 106 valence electrons. The van der Waals surface area contributed by atoms with E-state index < -0.39 is 0 Å². The monoisotopic (exact) mass is 273 g/mol. The Labute approximate surface area is 117 Å². The van der Waals surface area contributed by atoms with Gasteiger partial charge in [0.25, 0.3) is 5.56 Å².